The first-order chi connectivity index (χ1) is 8.72. The highest BCUT2D eigenvalue weighted by molar-refractivity contribution is 6.08. The molecule has 0 spiro atoms. The van der Waals surface area contributed by atoms with E-state index in [4.69, 9.17) is 0 Å². The Bertz CT molecular complexity index is 555. The van der Waals surface area contributed by atoms with E-state index < -0.39 is 11.7 Å². The Balaban J connectivity index is 2.29. The molecule has 4 heteroatoms. The number of halogens is 1. The summed E-state index contributed by atoms with van der Waals surface area (Å²) in [6.45, 7) is 0. The third-order valence-corrected chi connectivity index (χ3v) is 2.54. The Morgan fingerprint density at radius 1 is 1.06 bits per heavy atom. The van der Waals surface area contributed by atoms with Gasteiger partial charge in [0.05, 0.1) is 5.56 Å². The van der Waals surface area contributed by atoms with Gasteiger partial charge in [-0.25, -0.2) is 4.39 Å². The number of anilines is 2. The van der Waals surface area contributed by atoms with E-state index in [1.54, 1.807) is 43.4 Å². The van der Waals surface area contributed by atoms with Crippen LogP contribution in [-0.2, 0) is 0 Å². The van der Waals surface area contributed by atoms with Gasteiger partial charge in [0, 0.05) is 18.4 Å². The van der Waals surface area contributed by atoms with Crippen molar-refractivity contribution in [3.63, 3.8) is 0 Å². The molecule has 0 bridgehead atoms. The van der Waals surface area contributed by atoms with Crippen LogP contribution in [-0.4, -0.2) is 13.0 Å². The fraction of sp³-hybridized carbons (Fsp3) is 0.0714. The predicted octanol–water partition coefficient (Wildman–Crippen LogP) is 3.12. The predicted molar refractivity (Wildman–Crippen MR) is 70.3 cm³/mol. The number of carbonyl (C=O) groups excluding carboxylic acids is 1. The van der Waals surface area contributed by atoms with Crippen LogP contribution in [0.4, 0.5) is 15.8 Å². The zero-order valence-corrected chi connectivity index (χ0v) is 9.91. The van der Waals surface area contributed by atoms with Crippen LogP contribution in [0.15, 0.2) is 48.5 Å². The van der Waals surface area contributed by atoms with Crippen molar-refractivity contribution in [2.45, 2.75) is 0 Å². The second-order valence-electron chi connectivity index (χ2n) is 3.73. The lowest BCUT2D eigenvalue weighted by Crippen LogP contribution is -2.15. The Labute approximate surface area is 105 Å². The fourth-order valence-corrected chi connectivity index (χ4v) is 1.68. The number of rotatable bonds is 3. The van der Waals surface area contributed by atoms with E-state index in [1.165, 1.54) is 6.07 Å². The zero-order valence-electron chi connectivity index (χ0n) is 9.91. The van der Waals surface area contributed by atoms with Gasteiger partial charge < -0.3 is 10.6 Å². The van der Waals surface area contributed by atoms with Crippen LogP contribution in [0, 0.1) is 5.82 Å². The van der Waals surface area contributed by atoms with Gasteiger partial charge in [0.2, 0.25) is 0 Å². The summed E-state index contributed by atoms with van der Waals surface area (Å²) >= 11 is 0. The molecule has 0 radical (unpaired) electrons. The van der Waals surface area contributed by atoms with E-state index in [9.17, 15) is 9.18 Å². The minimum Gasteiger partial charge on any atom is -0.387 e. The van der Waals surface area contributed by atoms with Crippen LogP contribution >= 0.6 is 0 Å². The van der Waals surface area contributed by atoms with Gasteiger partial charge in [-0.3, -0.25) is 4.79 Å². The molecule has 1 amide bonds. The van der Waals surface area contributed by atoms with Crippen LogP contribution in [0.1, 0.15) is 10.4 Å². The van der Waals surface area contributed by atoms with Crippen LogP contribution in [0.5, 0.6) is 0 Å². The first-order valence-electron chi connectivity index (χ1n) is 5.55. The van der Waals surface area contributed by atoms with Crippen LogP contribution < -0.4 is 10.6 Å². The van der Waals surface area contributed by atoms with Crippen LogP contribution in [0.25, 0.3) is 0 Å². The number of hydrogen-bond donors (Lipinski definition) is 2. The molecule has 2 aromatic rings. The maximum absolute atomic E-state index is 13.7. The lowest BCUT2D eigenvalue weighted by molar-refractivity contribution is 0.102. The van der Waals surface area contributed by atoms with Crippen LogP contribution in [0.3, 0.4) is 0 Å². The minimum atomic E-state index is -0.546. The zero-order chi connectivity index (χ0) is 13.0. The normalized spacial score (nSPS) is 9.89. The standard InChI is InChI=1S/C14H13FN2O/c1-16-12-9-5-8-11(15)13(12)14(18)17-10-6-3-2-4-7-10/h2-9,16H,1H3,(H,17,18). The maximum Gasteiger partial charge on any atom is 0.260 e. The van der Waals surface area contributed by atoms with Gasteiger partial charge in [-0.1, -0.05) is 24.3 Å². The van der Waals surface area contributed by atoms with Crippen molar-refractivity contribution in [3.05, 3.63) is 59.9 Å². The molecule has 0 saturated heterocycles. The first-order valence-corrected chi connectivity index (χ1v) is 5.55. The smallest absolute Gasteiger partial charge is 0.260 e. The maximum atomic E-state index is 13.7. The topological polar surface area (TPSA) is 41.1 Å². The molecule has 0 aromatic heterocycles. The van der Waals surface area contributed by atoms with E-state index in [0.29, 0.717) is 11.4 Å². The molecule has 92 valence electrons. The molecule has 0 saturated carbocycles. The molecule has 2 N–H and O–H groups in total. The molecular formula is C14H13FN2O. The van der Waals surface area contributed by atoms with Crippen molar-refractivity contribution in [2.24, 2.45) is 0 Å². The van der Waals surface area contributed by atoms with Crippen molar-refractivity contribution >= 4 is 17.3 Å². The number of carbonyl (C=O) groups is 1. The molecule has 0 aliphatic rings. The summed E-state index contributed by atoms with van der Waals surface area (Å²) in [7, 11) is 1.65. The lowest BCUT2D eigenvalue weighted by Gasteiger charge is -2.10. The molecule has 0 fully saturated rings. The monoisotopic (exact) mass is 244 g/mol. The summed E-state index contributed by atoms with van der Waals surface area (Å²) in [6, 6.07) is 13.4. The lowest BCUT2D eigenvalue weighted by atomic mass is 10.1. The second-order valence-corrected chi connectivity index (χ2v) is 3.73. The first kappa shape index (κ1) is 12.1. The molecule has 3 nitrogen and oxygen atoms in total. The summed E-state index contributed by atoms with van der Waals surface area (Å²) in [5.41, 5.74) is 1.11. The second kappa shape index (κ2) is 5.31. The van der Waals surface area contributed by atoms with Crippen molar-refractivity contribution in [1.82, 2.24) is 0 Å². The van der Waals surface area contributed by atoms with Gasteiger partial charge in [0.15, 0.2) is 0 Å². The summed E-state index contributed by atoms with van der Waals surface area (Å²) in [6.07, 6.45) is 0. The third kappa shape index (κ3) is 2.48. The van der Waals surface area contributed by atoms with E-state index in [0.717, 1.165) is 0 Å². The third-order valence-electron chi connectivity index (χ3n) is 2.54. The molecule has 2 rings (SSSR count). The van der Waals surface area contributed by atoms with Crippen LogP contribution in [0.2, 0.25) is 0 Å². The number of benzene rings is 2. The van der Waals surface area contributed by atoms with Crippen molar-refractivity contribution in [3.8, 4) is 0 Å². The highest BCUT2D eigenvalue weighted by atomic mass is 19.1. The average molecular weight is 244 g/mol. The quantitative estimate of drug-likeness (QED) is 0.871. The van der Waals surface area contributed by atoms with Gasteiger partial charge >= 0.3 is 0 Å². The highest BCUT2D eigenvalue weighted by Crippen LogP contribution is 2.20. The summed E-state index contributed by atoms with van der Waals surface area (Å²) in [4.78, 5) is 12.0. The Hall–Kier alpha value is -2.36. The highest BCUT2D eigenvalue weighted by Gasteiger charge is 2.15. The van der Waals surface area contributed by atoms with E-state index in [1.807, 2.05) is 6.07 Å². The number of amides is 1. The summed E-state index contributed by atoms with van der Waals surface area (Å²) in [5, 5.41) is 5.46. The van der Waals surface area contributed by atoms with E-state index >= 15 is 0 Å². The van der Waals surface area contributed by atoms with E-state index in [2.05, 4.69) is 10.6 Å². The minimum absolute atomic E-state index is 0.0175. The molecular weight excluding hydrogens is 231 g/mol. The van der Waals surface area contributed by atoms with Gasteiger partial charge in [-0.2, -0.15) is 0 Å². The molecule has 0 unspecified atom stereocenters. The molecule has 0 atom stereocenters. The summed E-state index contributed by atoms with van der Waals surface area (Å²) < 4.78 is 13.7. The molecule has 18 heavy (non-hydrogen) atoms. The molecule has 0 heterocycles. The Morgan fingerprint density at radius 2 is 1.78 bits per heavy atom. The molecule has 2 aromatic carbocycles. The van der Waals surface area contributed by atoms with Gasteiger partial charge in [0.1, 0.15) is 5.82 Å². The number of nitrogens with one attached hydrogen (secondary N) is 2. The Kier molecular flexibility index (Phi) is 3.57. The molecule has 0 aliphatic heterocycles. The largest absolute Gasteiger partial charge is 0.387 e. The average Bonchev–Trinajstić information content (AvgIpc) is 2.39. The fourth-order valence-electron chi connectivity index (χ4n) is 1.68. The van der Waals surface area contributed by atoms with Gasteiger partial charge in [-0.05, 0) is 24.3 Å². The SMILES string of the molecule is CNc1cccc(F)c1C(=O)Nc1ccccc1. The summed E-state index contributed by atoms with van der Waals surface area (Å²) in [5.74, 6) is -1.01. The van der Waals surface area contributed by atoms with Crippen molar-refractivity contribution < 1.29 is 9.18 Å². The number of hydrogen-bond acceptors (Lipinski definition) is 2. The molecule has 0 aliphatic carbocycles. The van der Waals surface area contributed by atoms with Gasteiger partial charge in [0.25, 0.3) is 5.91 Å². The van der Waals surface area contributed by atoms with Gasteiger partial charge in [-0.15, -0.1) is 0 Å². The number of para-hydroxylation sites is 1. The Morgan fingerprint density at radius 3 is 2.44 bits per heavy atom. The van der Waals surface area contributed by atoms with E-state index in [-0.39, 0.29) is 5.56 Å². The van der Waals surface area contributed by atoms with Crippen molar-refractivity contribution in [1.29, 1.82) is 0 Å². The van der Waals surface area contributed by atoms with Crippen molar-refractivity contribution in [2.75, 3.05) is 17.7 Å².